The molecule has 0 aromatic rings. The first-order valence-corrected chi connectivity index (χ1v) is 4.08. The van der Waals surface area contributed by atoms with E-state index in [2.05, 4.69) is 26.5 Å². The predicted octanol–water partition coefficient (Wildman–Crippen LogP) is 3.55. The highest BCUT2D eigenvalue weighted by Crippen LogP contribution is 2.09. The Morgan fingerprint density at radius 1 is 1.50 bits per heavy atom. The molecule has 0 aliphatic heterocycles. The van der Waals surface area contributed by atoms with Gasteiger partial charge in [-0.2, -0.15) is 0 Å². The van der Waals surface area contributed by atoms with Crippen molar-refractivity contribution in [2.75, 3.05) is 0 Å². The Hall–Kier alpha value is -0.520. The van der Waals surface area contributed by atoms with Gasteiger partial charge in [0.15, 0.2) is 0 Å². The second-order valence-electron chi connectivity index (χ2n) is 2.79. The molecule has 0 saturated carbocycles. The Bertz CT molecular complexity index is 101. The third-order valence-corrected chi connectivity index (χ3v) is 1.59. The number of allylic oxidation sites excluding steroid dienone is 3. The zero-order valence-corrected chi connectivity index (χ0v) is 7.14. The fourth-order valence-corrected chi connectivity index (χ4v) is 1.02. The van der Waals surface area contributed by atoms with Gasteiger partial charge in [-0.1, -0.05) is 51.5 Å². The molecule has 1 atom stereocenters. The minimum Gasteiger partial charge on any atom is -0.0991 e. The molecular formula is C10H18. The van der Waals surface area contributed by atoms with E-state index in [9.17, 15) is 0 Å². The van der Waals surface area contributed by atoms with Crippen LogP contribution in [0.25, 0.3) is 0 Å². The zero-order valence-electron chi connectivity index (χ0n) is 7.14. The maximum absolute atomic E-state index is 3.62. The van der Waals surface area contributed by atoms with E-state index in [1.807, 2.05) is 12.2 Å². The van der Waals surface area contributed by atoms with Crippen molar-refractivity contribution in [2.45, 2.75) is 33.1 Å². The SMILES string of the molecule is C=CC=CCC(C)CCC. The molecule has 0 amide bonds. The molecule has 0 spiro atoms. The summed E-state index contributed by atoms with van der Waals surface area (Å²) in [5.41, 5.74) is 0. The summed E-state index contributed by atoms with van der Waals surface area (Å²) in [6, 6.07) is 0. The van der Waals surface area contributed by atoms with Crippen LogP contribution in [-0.2, 0) is 0 Å². The van der Waals surface area contributed by atoms with Gasteiger partial charge < -0.3 is 0 Å². The van der Waals surface area contributed by atoms with Crippen molar-refractivity contribution in [1.82, 2.24) is 0 Å². The lowest BCUT2D eigenvalue weighted by Gasteiger charge is -2.04. The second-order valence-corrected chi connectivity index (χ2v) is 2.79. The van der Waals surface area contributed by atoms with Gasteiger partial charge in [0.25, 0.3) is 0 Å². The first-order chi connectivity index (χ1) is 4.81. The maximum atomic E-state index is 3.62. The third kappa shape index (κ3) is 5.61. The molecule has 0 heteroatoms. The Morgan fingerprint density at radius 3 is 2.70 bits per heavy atom. The maximum Gasteiger partial charge on any atom is -0.0322 e. The van der Waals surface area contributed by atoms with Gasteiger partial charge in [-0.3, -0.25) is 0 Å². The molecule has 0 radical (unpaired) electrons. The molecule has 0 aliphatic carbocycles. The lowest BCUT2D eigenvalue weighted by atomic mass is 10.0. The highest BCUT2D eigenvalue weighted by atomic mass is 14.0. The van der Waals surface area contributed by atoms with Gasteiger partial charge >= 0.3 is 0 Å². The summed E-state index contributed by atoms with van der Waals surface area (Å²) < 4.78 is 0. The smallest absolute Gasteiger partial charge is 0.0322 e. The first-order valence-electron chi connectivity index (χ1n) is 4.08. The zero-order chi connectivity index (χ0) is 7.82. The molecule has 0 aliphatic rings. The van der Waals surface area contributed by atoms with Crippen molar-refractivity contribution < 1.29 is 0 Å². The highest BCUT2D eigenvalue weighted by molar-refractivity contribution is 4.97. The molecule has 0 N–H and O–H groups in total. The van der Waals surface area contributed by atoms with Crippen LogP contribution in [0.2, 0.25) is 0 Å². The Morgan fingerprint density at radius 2 is 2.20 bits per heavy atom. The van der Waals surface area contributed by atoms with E-state index in [-0.39, 0.29) is 0 Å². The molecule has 0 aromatic carbocycles. The molecule has 1 unspecified atom stereocenters. The average molecular weight is 138 g/mol. The molecule has 0 fully saturated rings. The van der Waals surface area contributed by atoms with Gasteiger partial charge in [-0.05, 0) is 12.3 Å². The Balaban J connectivity index is 3.28. The van der Waals surface area contributed by atoms with Crippen LogP contribution in [0.4, 0.5) is 0 Å². The standard InChI is InChI=1S/C10H18/c1-4-6-7-9-10(3)8-5-2/h4,6-7,10H,1,5,8-9H2,2-3H3. The van der Waals surface area contributed by atoms with Gasteiger partial charge in [0.05, 0.1) is 0 Å². The average Bonchev–Trinajstić information content (AvgIpc) is 1.89. The quantitative estimate of drug-likeness (QED) is 0.510. The minimum absolute atomic E-state index is 0.834. The lowest BCUT2D eigenvalue weighted by molar-refractivity contribution is 0.532. The van der Waals surface area contributed by atoms with Crippen molar-refractivity contribution >= 4 is 0 Å². The van der Waals surface area contributed by atoms with Crippen molar-refractivity contribution in [1.29, 1.82) is 0 Å². The molecule has 0 heterocycles. The highest BCUT2D eigenvalue weighted by Gasteiger charge is 1.94. The van der Waals surface area contributed by atoms with Crippen molar-refractivity contribution in [3.8, 4) is 0 Å². The topological polar surface area (TPSA) is 0 Å². The number of hydrogen-bond donors (Lipinski definition) is 0. The third-order valence-electron chi connectivity index (χ3n) is 1.59. The minimum atomic E-state index is 0.834. The van der Waals surface area contributed by atoms with E-state index in [1.165, 1.54) is 19.3 Å². The van der Waals surface area contributed by atoms with Crippen LogP contribution in [0.5, 0.6) is 0 Å². The second kappa shape index (κ2) is 6.60. The summed E-state index contributed by atoms with van der Waals surface area (Å²) in [5.74, 6) is 0.834. The molecule has 0 saturated heterocycles. The van der Waals surface area contributed by atoms with Crippen LogP contribution in [0.15, 0.2) is 24.8 Å². The van der Waals surface area contributed by atoms with Crippen LogP contribution in [-0.4, -0.2) is 0 Å². The molecule has 10 heavy (non-hydrogen) atoms. The largest absolute Gasteiger partial charge is 0.0991 e. The molecule has 0 nitrogen and oxygen atoms in total. The van der Waals surface area contributed by atoms with Gasteiger partial charge in [-0.15, -0.1) is 0 Å². The van der Waals surface area contributed by atoms with Gasteiger partial charge in [0, 0.05) is 0 Å². The van der Waals surface area contributed by atoms with Gasteiger partial charge in [0.1, 0.15) is 0 Å². The monoisotopic (exact) mass is 138 g/mol. The normalized spacial score (nSPS) is 13.8. The summed E-state index contributed by atoms with van der Waals surface area (Å²) in [6.07, 6.45) is 9.86. The van der Waals surface area contributed by atoms with Crippen molar-refractivity contribution in [3.05, 3.63) is 24.8 Å². The molecule has 0 aromatic heterocycles. The fourth-order valence-electron chi connectivity index (χ4n) is 1.02. The van der Waals surface area contributed by atoms with Crippen LogP contribution >= 0.6 is 0 Å². The Labute approximate surface area is 64.6 Å². The molecule has 0 bridgehead atoms. The Kier molecular flexibility index (Phi) is 6.25. The van der Waals surface area contributed by atoms with Crippen LogP contribution in [0.3, 0.4) is 0 Å². The summed E-state index contributed by atoms with van der Waals surface area (Å²) in [5, 5.41) is 0. The van der Waals surface area contributed by atoms with E-state index >= 15 is 0 Å². The predicted molar refractivity (Wildman–Crippen MR) is 48.0 cm³/mol. The first kappa shape index (κ1) is 9.48. The van der Waals surface area contributed by atoms with Crippen molar-refractivity contribution in [2.24, 2.45) is 5.92 Å². The molecular weight excluding hydrogens is 120 g/mol. The number of hydrogen-bond acceptors (Lipinski definition) is 0. The van der Waals surface area contributed by atoms with Crippen molar-refractivity contribution in [3.63, 3.8) is 0 Å². The van der Waals surface area contributed by atoms with Gasteiger partial charge in [0.2, 0.25) is 0 Å². The molecule has 0 rings (SSSR count). The van der Waals surface area contributed by atoms with E-state index in [4.69, 9.17) is 0 Å². The van der Waals surface area contributed by atoms with E-state index in [0.717, 1.165) is 5.92 Å². The van der Waals surface area contributed by atoms with Crippen LogP contribution in [0.1, 0.15) is 33.1 Å². The van der Waals surface area contributed by atoms with E-state index in [1.54, 1.807) is 0 Å². The fraction of sp³-hybridized carbons (Fsp3) is 0.600. The van der Waals surface area contributed by atoms with Crippen LogP contribution < -0.4 is 0 Å². The summed E-state index contributed by atoms with van der Waals surface area (Å²) in [7, 11) is 0. The number of rotatable bonds is 5. The van der Waals surface area contributed by atoms with Gasteiger partial charge in [-0.25, -0.2) is 0 Å². The van der Waals surface area contributed by atoms with E-state index in [0.29, 0.717) is 0 Å². The summed E-state index contributed by atoms with van der Waals surface area (Å²) >= 11 is 0. The summed E-state index contributed by atoms with van der Waals surface area (Å²) in [6.45, 7) is 8.14. The van der Waals surface area contributed by atoms with Crippen LogP contribution in [0, 0.1) is 5.92 Å². The molecule has 58 valence electrons. The lowest BCUT2D eigenvalue weighted by Crippen LogP contribution is -1.89. The summed E-state index contributed by atoms with van der Waals surface area (Å²) in [4.78, 5) is 0. The van der Waals surface area contributed by atoms with E-state index < -0.39 is 0 Å².